The highest BCUT2D eigenvalue weighted by atomic mass is 32.2. The summed E-state index contributed by atoms with van der Waals surface area (Å²) in [6.45, 7) is 2.04. The van der Waals surface area contributed by atoms with E-state index in [1.807, 2.05) is 6.92 Å². The fourth-order valence-corrected chi connectivity index (χ4v) is 3.93. The lowest BCUT2D eigenvalue weighted by Gasteiger charge is -2.23. The Labute approximate surface area is 119 Å². The molecule has 0 saturated heterocycles. The van der Waals surface area contributed by atoms with Crippen molar-refractivity contribution >= 4 is 10.0 Å². The molecule has 0 heterocycles. The quantitative estimate of drug-likeness (QED) is 0.876. The number of hydrogen-bond acceptors (Lipinski definition) is 3. The second-order valence-electron chi connectivity index (χ2n) is 5.77. The molecule has 1 aromatic rings. The van der Waals surface area contributed by atoms with Crippen LogP contribution in [-0.4, -0.2) is 20.1 Å². The molecule has 1 aromatic carbocycles. The van der Waals surface area contributed by atoms with E-state index < -0.39 is 20.7 Å². The summed E-state index contributed by atoms with van der Waals surface area (Å²) in [7, 11) is -3.89. The van der Waals surface area contributed by atoms with Crippen LogP contribution in [0, 0.1) is 11.2 Å². The number of aliphatic hydroxyl groups is 1. The maximum Gasteiger partial charge on any atom is 0.243 e. The first kappa shape index (κ1) is 15.4. The van der Waals surface area contributed by atoms with Gasteiger partial charge in [0.1, 0.15) is 10.7 Å². The van der Waals surface area contributed by atoms with Crippen molar-refractivity contribution in [2.45, 2.75) is 44.1 Å². The zero-order valence-corrected chi connectivity index (χ0v) is 12.3. The molecule has 6 heteroatoms. The normalized spacial score (nSPS) is 18.4. The van der Waals surface area contributed by atoms with Crippen LogP contribution in [0.1, 0.15) is 38.2 Å². The maximum absolute atomic E-state index is 13.7. The van der Waals surface area contributed by atoms with Crippen LogP contribution < -0.4 is 4.72 Å². The van der Waals surface area contributed by atoms with Gasteiger partial charge in [0.25, 0.3) is 0 Å². The molecule has 0 aromatic heterocycles. The van der Waals surface area contributed by atoms with Crippen LogP contribution in [0.4, 0.5) is 4.39 Å². The Hall–Kier alpha value is -0.980. The number of aliphatic hydroxyl groups excluding tert-OH is 1. The third-order valence-corrected chi connectivity index (χ3v) is 5.38. The predicted octanol–water partition coefficient (Wildman–Crippen LogP) is 2.18. The number of rotatable bonds is 5. The molecule has 0 atom stereocenters. The van der Waals surface area contributed by atoms with E-state index in [0.29, 0.717) is 12.1 Å². The predicted molar refractivity (Wildman–Crippen MR) is 74.1 cm³/mol. The minimum absolute atomic E-state index is 0.0435. The summed E-state index contributed by atoms with van der Waals surface area (Å²) in [5.74, 6) is -0.800. The van der Waals surface area contributed by atoms with Gasteiger partial charge in [0, 0.05) is 6.54 Å². The first-order valence-corrected chi connectivity index (χ1v) is 8.24. The van der Waals surface area contributed by atoms with E-state index in [2.05, 4.69) is 4.72 Å². The Balaban J connectivity index is 2.17. The molecule has 0 unspecified atom stereocenters. The highest BCUT2D eigenvalue weighted by Crippen LogP contribution is 2.37. The highest BCUT2D eigenvalue weighted by molar-refractivity contribution is 7.89. The number of hydrogen-bond donors (Lipinski definition) is 2. The summed E-state index contributed by atoms with van der Waals surface area (Å²) < 4.78 is 40.6. The summed E-state index contributed by atoms with van der Waals surface area (Å²) in [4.78, 5) is -0.398. The number of sulfonamides is 1. The average Bonchev–Trinajstić information content (AvgIpc) is 2.85. The smallest absolute Gasteiger partial charge is 0.243 e. The van der Waals surface area contributed by atoms with Gasteiger partial charge in [-0.05, 0) is 36.0 Å². The van der Waals surface area contributed by atoms with E-state index in [9.17, 15) is 12.8 Å². The van der Waals surface area contributed by atoms with Gasteiger partial charge in [0.2, 0.25) is 10.0 Å². The van der Waals surface area contributed by atoms with Crippen LogP contribution >= 0.6 is 0 Å². The van der Waals surface area contributed by atoms with Crippen molar-refractivity contribution in [3.63, 3.8) is 0 Å². The van der Waals surface area contributed by atoms with Crippen LogP contribution in [0.5, 0.6) is 0 Å². The molecular formula is C14H20FNO3S. The van der Waals surface area contributed by atoms with E-state index in [4.69, 9.17) is 5.11 Å². The Kier molecular flexibility index (Phi) is 4.46. The first-order valence-electron chi connectivity index (χ1n) is 6.75. The Morgan fingerprint density at radius 1 is 1.35 bits per heavy atom. The zero-order chi connectivity index (χ0) is 14.8. The van der Waals surface area contributed by atoms with Gasteiger partial charge >= 0.3 is 0 Å². The lowest BCUT2D eigenvalue weighted by Crippen LogP contribution is -2.34. The molecule has 0 aliphatic heterocycles. The minimum atomic E-state index is -3.89. The van der Waals surface area contributed by atoms with E-state index >= 15 is 0 Å². The SMILES string of the molecule is CC1(CNS(=O)(=O)c2cc(CO)ccc2F)CCCC1. The van der Waals surface area contributed by atoms with Gasteiger partial charge in [0.15, 0.2) is 0 Å². The number of halogens is 1. The fourth-order valence-electron chi connectivity index (χ4n) is 2.60. The van der Waals surface area contributed by atoms with Gasteiger partial charge in [-0.3, -0.25) is 0 Å². The molecule has 4 nitrogen and oxygen atoms in total. The topological polar surface area (TPSA) is 66.4 Å². The standard InChI is InChI=1S/C14H20FNO3S/c1-14(6-2-3-7-14)10-16-20(18,19)13-8-11(9-17)4-5-12(13)15/h4-5,8,16-17H,2-3,6-7,9-10H2,1H3. The Morgan fingerprint density at radius 3 is 2.60 bits per heavy atom. The molecule has 0 amide bonds. The van der Waals surface area contributed by atoms with Crippen LogP contribution in [0.25, 0.3) is 0 Å². The average molecular weight is 301 g/mol. The largest absolute Gasteiger partial charge is 0.392 e. The molecule has 0 spiro atoms. The molecule has 20 heavy (non-hydrogen) atoms. The molecule has 2 rings (SSSR count). The molecule has 1 saturated carbocycles. The van der Waals surface area contributed by atoms with Crippen LogP contribution in [0.3, 0.4) is 0 Å². The van der Waals surface area contributed by atoms with Crippen molar-refractivity contribution in [3.05, 3.63) is 29.6 Å². The molecule has 2 N–H and O–H groups in total. The van der Waals surface area contributed by atoms with Gasteiger partial charge in [-0.2, -0.15) is 0 Å². The van der Waals surface area contributed by atoms with Crippen molar-refractivity contribution in [1.29, 1.82) is 0 Å². The molecule has 1 aliphatic carbocycles. The second kappa shape index (κ2) is 5.79. The van der Waals surface area contributed by atoms with Crippen molar-refractivity contribution < 1.29 is 17.9 Å². The monoisotopic (exact) mass is 301 g/mol. The van der Waals surface area contributed by atoms with Gasteiger partial charge in [-0.25, -0.2) is 17.5 Å². The lowest BCUT2D eigenvalue weighted by atomic mass is 9.89. The van der Waals surface area contributed by atoms with Crippen molar-refractivity contribution in [2.24, 2.45) is 5.41 Å². The summed E-state index contributed by atoms with van der Waals surface area (Å²) >= 11 is 0. The third kappa shape index (κ3) is 3.37. The summed E-state index contributed by atoms with van der Waals surface area (Å²) in [6, 6.07) is 3.61. The zero-order valence-electron chi connectivity index (χ0n) is 11.5. The Bertz CT molecular complexity index is 580. The summed E-state index contributed by atoms with van der Waals surface area (Å²) in [6.07, 6.45) is 4.17. The van der Waals surface area contributed by atoms with Crippen LogP contribution in [0.2, 0.25) is 0 Å². The van der Waals surface area contributed by atoms with Gasteiger partial charge in [0.05, 0.1) is 6.61 Å². The molecule has 1 fully saturated rings. The molecular weight excluding hydrogens is 281 g/mol. The van der Waals surface area contributed by atoms with E-state index in [0.717, 1.165) is 31.7 Å². The van der Waals surface area contributed by atoms with Crippen LogP contribution in [-0.2, 0) is 16.6 Å². The van der Waals surface area contributed by atoms with Crippen molar-refractivity contribution in [3.8, 4) is 0 Å². The van der Waals surface area contributed by atoms with Crippen molar-refractivity contribution in [1.82, 2.24) is 4.72 Å². The van der Waals surface area contributed by atoms with Gasteiger partial charge in [-0.15, -0.1) is 0 Å². The van der Waals surface area contributed by atoms with Gasteiger partial charge in [-0.1, -0.05) is 25.8 Å². The summed E-state index contributed by atoms with van der Waals surface area (Å²) in [5, 5.41) is 9.02. The number of benzene rings is 1. The van der Waals surface area contributed by atoms with Gasteiger partial charge < -0.3 is 5.11 Å². The minimum Gasteiger partial charge on any atom is -0.392 e. The molecule has 1 aliphatic rings. The highest BCUT2D eigenvalue weighted by Gasteiger charge is 2.31. The van der Waals surface area contributed by atoms with Crippen molar-refractivity contribution in [2.75, 3.05) is 6.54 Å². The molecule has 112 valence electrons. The maximum atomic E-state index is 13.7. The molecule has 0 radical (unpaired) electrons. The van der Waals surface area contributed by atoms with E-state index in [1.54, 1.807) is 0 Å². The lowest BCUT2D eigenvalue weighted by molar-refractivity contribution is 0.281. The third-order valence-electron chi connectivity index (χ3n) is 3.97. The summed E-state index contributed by atoms with van der Waals surface area (Å²) in [5.41, 5.74) is 0.330. The number of nitrogens with one attached hydrogen (secondary N) is 1. The van der Waals surface area contributed by atoms with Crippen LogP contribution in [0.15, 0.2) is 23.1 Å². The molecule has 0 bridgehead atoms. The second-order valence-corrected chi connectivity index (χ2v) is 7.50. The van der Waals surface area contributed by atoms with E-state index in [-0.39, 0.29) is 12.0 Å². The Morgan fingerprint density at radius 2 is 2.00 bits per heavy atom. The van der Waals surface area contributed by atoms with E-state index in [1.165, 1.54) is 12.1 Å². The fraction of sp³-hybridized carbons (Fsp3) is 0.571. The first-order chi connectivity index (χ1) is 9.36.